The second-order valence-corrected chi connectivity index (χ2v) is 3.28. The maximum atomic E-state index is 5.80. The molecule has 14 heavy (non-hydrogen) atoms. The maximum absolute atomic E-state index is 5.80. The predicted octanol–water partition coefficient (Wildman–Crippen LogP) is 1.05. The average molecular weight is 191 g/mol. The number of aliphatic imine (C=N–C) groups is 1. The number of nitrogens with two attached hydrogens (primary N) is 2. The molecule has 0 amide bonds. The third-order valence-corrected chi connectivity index (χ3v) is 1.99. The third kappa shape index (κ3) is 3.18. The quantitative estimate of drug-likeness (QED) is 0.424. The number of hydrogen-bond acceptors (Lipinski definition) is 2. The van der Waals surface area contributed by atoms with Crippen LogP contribution < -0.4 is 11.5 Å². The van der Waals surface area contributed by atoms with Crippen molar-refractivity contribution in [2.45, 2.75) is 13.3 Å². The highest BCUT2D eigenvalue weighted by atomic mass is 14.8. The number of nitrogens with zero attached hydrogens (tertiary/aromatic N) is 1. The number of aryl methyl sites for hydroxylation is 1. The summed E-state index contributed by atoms with van der Waals surface area (Å²) in [6.07, 6.45) is 0.882. The lowest BCUT2D eigenvalue weighted by Crippen LogP contribution is -2.14. The molecule has 0 bridgehead atoms. The van der Waals surface area contributed by atoms with Crippen LogP contribution in [0, 0.1) is 6.92 Å². The van der Waals surface area contributed by atoms with Gasteiger partial charge in [0, 0.05) is 12.1 Å². The number of amidine groups is 1. The van der Waals surface area contributed by atoms with Crippen LogP contribution in [0.25, 0.3) is 0 Å². The monoisotopic (exact) mass is 191 g/mol. The highest BCUT2D eigenvalue weighted by molar-refractivity contribution is 5.97. The molecule has 0 atom stereocenters. The summed E-state index contributed by atoms with van der Waals surface area (Å²) < 4.78 is 0. The van der Waals surface area contributed by atoms with Crippen molar-refractivity contribution in [3.05, 3.63) is 35.4 Å². The van der Waals surface area contributed by atoms with E-state index in [-0.39, 0.29) is 0 Å². The summed E-state index contributed by atoms with van der Waals surface area (Å²) in [4.78, 5) is 4.23. The van der Waals surface area contributed by atoms with Crippen molar-refractivity contribution in [3.63, 3.8) is 0 Å². The summed E-state index contributed by atoms with van der Waals surface area (Å²) in [5.74, 6) is 0.596. The van der Waals surface area contributed by atoms with E-state index in [1.54, 1.807) is 0 Å². The van der Waals surface area contributed by atoms with Gasteiger partial charge in [0.25, 0.3) is 0 Å². The lowest BCUT2D eigenvalue weighted by Gasteiger charge is -2.01. The van der Waals surface area contributed by atoms with Gasteiger partial charge in [-0.2, -0.15) is 0 Å². The zero-order valence-electron chi connectivity index (χ0n) is 8.53. The molecule has 1 aromatic carbocycles. The molecule has 0 spiro atoms. The second kappa shape index (κ2) is 5.40. The smallest absolute Gasteiger partial charge is 0.125 e. The Bertz CT molecular complexity index is 301. The molecular weight excluding hydrogens is 174 g/mol. The first kappa shape index (κ1) is 10.7. The molecule has 1 rings (SSSR count). The lowest BCUT2D eigenvalue weighted by atomic mass is 10.1. The zero-order valence-corrected chi connectivity index (χ0v) is 8.53. The van der Waals surface area contributed by atoms with Gasteiger partial charge < -0.3 is 11.5 Å². The van der Waals surface area contributed by atoms with E-state index in [0.717, 1.165) is 12.0 Å². The van der Waals surface area contributed by atoms with Gasteiger partial charge in [-0.3, -0.25) is 4.99 Å². The molecule has 3 nitrogen and oxygen atoms in total. The van der Waals surface area contributed by atoms with Crippen LogP contribution >= 0.6 is 0 Å². The standard InChI is InChI=1S/C11H17N3/c1-9-3-5-10(6-4-9)11(13)14-8-2-7-12/h3-6H,2,7-8,12H2,1H3,(H2,13,14). The first-order valence-electron chi connectivity index (χ1n) is 4.81. The molecule has 0 heterocycles. The van der Waals surface area contributed by atoms with Crippen molar-refractivity contribution in [1.82, 2.24) is 0 Å². The summed E-state index contributed by atoms with van der Waals surface area (Å²) in [7, 11) is 0. The predicted molar refractivity (Wildman–Crippen MR) is 60.4 cm³/mol. The van der Waals surface area contributed by atoms with Gasteiger partial charge >= 0.3 is 0 Å². The minimum absolute atomic E-state index is 0.596. The average Bonchev–Trinajstić information content (AvgIpc) is 2.19. The molecule has 4 N–H and O–H groups in total. The Balaban J connectivity index is 2.64. The molecule has 0 aliphatic carbocycles. The second-order valence-electron chi connectivity index (χ2n) is 3.28. The van der Waals surface area contributed by atoms with Crippen molar-refractivity contribution in [3.8, 4) is 0 Å². The first-order chi connectivity index (χ1) is 6.74. The molecule has 0 aromatic heterocycles. The van der Waals surface area contributed by atoms with Crippen LogP contribution in [-0.2, 0) is 0 Å². The Kier molecular flexibility index (Phi) is 4.13. The Hall–Kier alpha value is -1.35. The number of rotatable bonds is 4. The molecule has 76 valence electrons. The van der Waals surface area contributed by atoms with Crippen LogP contribution in [0.5, 0.6) is 0 Å². The van der Waals surface area contributed by atoms with Gasteiger partial charge in [0.05, 0.1) is 0 Å². The molecule has 3 heteroatoms. The minimum atomic E-state index is 0.596. The molecule has 0 aliphatic heterocycles. The van der Waals surface area contributed by atoms with E-state index in [9.17, 15) is 0 Å². The van der Waals surface area contributed by atoms with Crippen molar-refractivity contribution < 1.29 is 0 Å². The van der Waals surface area contributed by atoms with Crippen molar-refractivity contribution in [2.24, 2.45) is 16.5 Å². The molecule has 0 aliphatic rings. The summed E-state index contributed by atoms with van der Waals surface area (Å²) in [5, 5.41) is 0. The van der Waals surface area contributed by atoms with Gasteiger partial charge in [0.2, 0.25) is 0 Å². The van der Waals surface area contributed by atoms with E-state index in [0.29, 0.717) is 18.9 Å². The van der Waals surface area contributed by atoms with Crippen LogP contribution in [0.4, 0.5) is 0 Å². The largest absolute Gasteiger partial charge is 0.384 e. The fourth-order valence-electron chi connectivity index (χ4n) is 1.11. The van der Waals surface area contributed by atoms with Crippen LogP contribution in [0.3, 0.4) is 0 Å². The summed E-state index contributed by atoms with van der Waals surface area (Å²) in [6, 6.07) is 8.02. The van der Waals surface area contributed by atoms with E-state index in [4.69, 9.17) is 11.5 Å². The maximum Gasteiger partial charge on any atom is 0.125 e. The number of benzene rings is 1. The number of hydrogen-bond donors (Lipinski definition) is 2. The molecule has 0 saturated carbocycles. The van der Waals surface area contributed by atoms with Gasteiger partial charge in [0.15, 0.2) is 0 Å². The lowest BCUT2D eigenvalue weighted by molar-refractivity contribution is 0.844. The Labute approximate surface area is 84.8 Å². The van der Waals surface area contributed by atoms with Gasteiger partial charge in [-0.1, -0.05) is 29.8 Å². The van der Waals surface area contributed by atoms with E-state index in [1.807, 2.05) is 31.2 Å². The molecule has 0 saturated heterocycles. The van der Waals surface area contributed by atoms with Crippen LogP contribution in [0.15, 0.2) is 29.3 Å². The summed E-state index contributed by atoms with van der Waals surface area (Å²) in [5.41, 5.74) is 13.4. The highest BCUT2D eigenvalue weighted by Gasteiger charge is 1.96. The molecule has 0 fully saturated rings. The molecule has 0 radical (unpaired) electrons. The van der Waals surface area contributed by atoms with Gasteiger partial charge in [-0.15, -0.1) is 0 Å². The van der Waals surface area contributed by atoms with E-state index >= 15 is 0 Å². The van der Waals surface area contributed by atoms with Crippen molar-refractivity contribution in [1.29, 1.82) is 0 Å². The Morgan fingerprint density at radius 3 is 2.50 bits per heavy atom. The Morgan fingerprint density at radius 2 is 1.93 bits per heavy atom. The molecule has 1 aromatic rings. The van der Waals surface area contributed by atoms with Crippen LogP contribution in [0.1, 0.15) is 17.5 Å². The van der Waals surface area contributed by atoms with Gasteiger partial charge in [-0.05, 0) is 19.9 Å². The normalized spacial score (nSPS) is 11.7. The van der Waals surface area contributed by atoms with Crippen molar-refractivity contribution in [2.75, 3.05) is 13.1 Å². The first-order valence-corrected chi connectivity index (χ1v) is 4.81. The molecular formula is C11H17N3. The fraction of sp³-hybridized carbons (Fsp3) is 0.364. The topological polar surface area (TPSA) is 64.4 Å². The summed E-state index contributed by atoms with van der Waals surface area (Å²) >= 11 is 0. The fourth-order valence-corrected chi connectivity index (χ4v) is 1.11. The van der Waals surface area contributed by atoms with E-state index in [1.165, 1.54) is 5.56 Å². The Morgan fingerprint density at radius 1 is 1.29 bits per heavy atom. The van der Waals surface area contributed by atoms with E-state index in [2.05, 4.69) is 4.99 Å². The van der Waals surface area contributed by atoms with E-state index < -0.39 is 0 Å². The van der Waals surface area contributed by atoms with Crippen molar-refractivity contribution >= 4 is 5.84 Å². The highest BCUT2D eigenvalue weighted by Crippen LogP contribution is 2.02. The zero-order chi connectivity index (χ0) is 10.4. The van der Waals surface area contributed by atoms with Gasteiger partial charge in [-0.25, -0.2) is 0 Å². The van der Waals surface area contributed by atoms with Crippen LogP contribution in [0.2, 0.25) is 0 Å². The SMILES string of the molecule is Cc1ccc(C(N)=NCCCN)cc1. The third-order valence-electron chi connectivity index (χ3n) is 1.99. The molecule has 0 unspecified atom stereocenters. The van der Waals surface area contributed by atoms with Gasteiger partial charge in [0.1, 0.15) is 5.84 Å². The summed E-state index contributed by atoms with van der Waals surface area (Å²) in [6.45, 7) is 3.41. The minimum Gasteiger partial charge on any atom is -0.384 e. The van der Waals surface area contributed by atoms with Crippen LogP contribution in [-0.4, -0.2) is 18.9 Å².